The van der Waals surface area contributed by atoms with Crippen molar-refractivity contribution in [2.75, 3.05) is 5.75 Å². The first-order chi connectivity index (χ1) is 14.0. The fourth-order valence-corrected chi connectivity index (χ4v) is 5.07. The van der Waals surface area contributed by atoms with Gasteiger partial charge in [0.05, 0.1) is 16.8 Å². The van der Waals surface area contributed by atoms with Crippen LogP contribution >= 0.6 is 23.1 Å². The second kappa shape index (κ2) is 7.93. The molecular formula is C22H17FN2O2S2. The Bertz CT molecular complexity index is 1260. The van der Waals surface area contributed by atoms with Gasteiger partial charge in [0.2, 0.25) is 0 Å². The van der Waals surface area contributed by atoms with Crippen LogP contribution in [0.15, 0.2) is 64.5 Å². The fourth-order valence-electron chi connectivity index (χ4n) is 3.17. The largest absolute Gasteiger partial charge is 0.299 e. The minimum absolute atomic E-state index is 0.0123. The lowest BCUT2D eigenvalue weighted by molar-refractivity contribution is -0.114. The summed E-state index contributed by atoms with van der Waals surface area (Å²) in [6.07, 6.45) is 0. The van der Waals surface area contributed by atoms with Crippen LogP contribution in [-0.2, 0) is 4.79 Å². The van der Waals surface area contributed by atoms with Gasteiger partial charge in [-0.2, -0.15) is 0 Å². The van der Waals surface area contributed by atoms with E-state index in [0.717, 1.165) is 16.0 Å². The molecule has 0 aliphatic heterocycles. The molecular weight excluding hydrogens is 407 g/mol. The molecule has 146 valence electrons. The van der Waals surface area contributed by atoms with Crippen LogP contribution in [0.1, 0.15) is 11.8 Å². The van der Waals surface area contributed by atoms with Crippen LogP contribution in [0, 0.1) is 12.7 Å². The van der Waals surface area contributed by atoms with Gasteiger partial charge >= 0.3 is 0 Å². The molecule has 2 aromatic heterocycles. The number of carbonyl (C=O) groups is 1. The van der Waals surface area contributed by atoms with Gasteiger partial charge in [0.25, 0.3) is 5.56 Å². The summed E-state index contributed by atoms with van der Waals surface area (Å²) < 4.78 is 15.0. The molecule has 29 heavy (non-hydrogen) atoms. The first-order valence-corrected chi connectivity index (χ1v) is 10.8. The Balaban J connectivity index is 2.02. The number of hydrogen-bond donors (Lipinski definition) is 0. The molecule has 2 aromatic carbocycles. The average molecular weight is 425 g/mol. The van der Waals surface area contributed by atoms with E-state index in [2.05, 4.69) is 0 Å². The highest BCUT2D eigenvalue weighted by atomic mass is 32.2. The van der Waals surface area contributed by atoms with Gasteiger partial charge in [0.1, 0.15) is 16.4 Å². The summed E-state index contributed by atoms with van der Waals surface area (Å²) in [6, 6.07) is 15.4. The molecule has 0 fully saturated rings. The standard InChI is InChI=1S/C22H17FN2O2S2/c1-13(26)12-28-22-24-20-19(21(27)25(22)17-6-4-3-5-7-17)18(14(2)29-20)15-8-10-16(23)11-9-15/h3-11H,12H2,1-2H3. The van der Waals surface area contributed by atoms with Gasteiger partial charge in [-0.15, -0.1) is 11.3 Å². The number of Topliss-reactive ketones (excluding diaryl/α,β-unsaturated/α-hetero) is 1. The number of carbonyl (C=O) groups excluding carboxylic acids is 1. The van der Waals surface area contributed by atoms with Crippen LogP contribution in [0.3, 0.4) is 0 Å². The van der Waals surface area contributed by atoms with E-state index in [9.17, 15) is 14.0 Å². The van der Waals surface area contributed by atoms with Gasteiger partial charge < -0.3 is 0 Å². The maximum absolute atomic E-state index is 13.6. The minimum Gasteiger partial charge on any atom is -0.299 e. The van der Waals surface area contributed by atoms with Crippen LogP contribution in [0.2, 0.25) is 0 Å². The number of halogens is 1. The Morgan fingerprint density at radius 2 is 1.83 bits per heavy atom. The molecule has 2 heterocycles. The minimum atomic E-state index is -0.325. The third-order valence-corrected chi connectivity index (χ3v) is 6.50. The zero-order valence-corrected chi connectivity index (χ0v) is 17.4. The van der Waals surface area contributed by atoms with Crippen LogP contribution in [0.4, 0.5) is 4.39 Å². The van der Waals surface area contributed by atoms with E-state index in [4.69, 9.17) is 4.98 Å². The average Bonchev–Trinajstić information content (AvgIpc) is 3.04. The summed E-state index contributed by atoms with van der Waals surface area (Å²) in [7, 11) is 0. The Kier molecular flexibility index (Phi) is 5.34. The van der Waals surface area contributed by atoms with Crippen molar-refractivity contribution in [1.82, 2.24) is 9.55 Å². The summed E-state index contributed by atoms with van der Waals surface area (Å²) in [4.78, 5) is 31.4. The number of aromatic nitrogens is 2. The predicted molar refractivity (Wildman–Crippen MR) is 117 cm³/mol. The molecule has 0 unspecified atom stereocenters. The second-order valence-electron chi connectivity index (χ2n) is 6.58. The lowest BCUT2D eigenvalue weighted by atomic mass is 10.0. The molecule has 0 saturated heterocycles. The maximum Gasteiger partial charge on any atom is 0.268 e. The van der Waals surface area contributed by atoms with E-state index in [0.29, 0.717) is 21.1 Å². The lowest BCUT2D eigenvalue weighted by Crippen LogP contribution is -2.21. The number of thioether (sulfide) groups is 1. The molecule has 0 saturated carbocycles. The fraction of sp³-hybridized carbons (Fsp3) is 0.136. The molecule has 4 rings (SSSR count). The van der Waals surface area contributed by atoms with Crippen LogP contribution in [-0.4, -0.2) is 21.1 Å². The second-order valence-corrected chi connectivity index (χ2v) is 8.73. The van der Waals surface area contributed by atoms with E-state index in [-0.39, 0.29) is 22.9 Å². The molecule has 4 nitrogen and oxygen atoms in total. The van der Waals surface area contributed by atoms with Crippen molar-refractivity contribution in [2.45, 2.75) is 19.0 Å². The summed E-state index contributed by atoms with van der Waals surface area (Å²) in [5.74, 6) is -0.0769. The maximum atomic E-state index is 13.6. The topological polar surface area (TPSA) is 52.0 Å². The highest BCUT2D eigenvalue weighted by Crippen LogP contribution is 2.37. The van der Waals surface area contributed by atoms with Crippen molar-refractivity contribution in [3.8, 4) is 16.8 Å². The first-order valence-electron chi connectivity index (χ1n) is 8.95. The van der Waals surface area contributed by atoms with Gasteiger partial charge in [-0.25, -0.2) is 9.37 Å². The van der Waals surface area contributed by atoms with Crippen molar-refractivity contribution in [1.29, 1.82) is 0 Å². The molecule has 7 heteroatoms. The summed E-state index contributed by atoms with van der Waals surface area (Å²) in [6.45, 7) is 3.44. The molecule has 4 aromatic rings. The molecule has 0 aliphatic carbocycles. The molecule has 0 aliphatic rings. The normalized spacial score (nSPS) is 11.1. The number of thiophene rings is 1. The molecule has 0 amide bonds. The number of ketones is 1. The molecule has 0 bridgehead atoms. The number of nitrogens with zero attached hydrogens (tertiary/aromatic N) is 2. The third-order valence-electron chi connectivity index (χ3n) is 4.42. The molecule has 0 atom stereocenters. The van der Waals surface area contributed by atoms with E-state index in [1.165, 1.54) is 42.2 Å². The molecule has 0 spiro atoms. The number of para-hydroxylation sites is 1. The number of fused-ring (bicyclic) bond motifs is 1. The number of aryl methyl sites for hydroxylation is 1. The Morgan fingerprint density at radius 3 is 2.48 bits per heavy atom. The smallest absolute Gasteiger partial charge is 0.268 e. The Morgan fingerprint density at radius 1 is 1.14 bits per heavy atom. The molecule has 0 radical (unpaired) electrons. The Labute approximate surface area is 175 Å². The van der Waals surface area contributed by atoms with E-state index in [1.54, 1.807) is 16.7 Å². The summed E-state index contributed by atoms with van der Waals surface area (Å²) in [5.41, 5.74) is 2.04. The highest BCUT2D eigenvalue weighted by Gasteiger charge is 2.21. The number of hydrogen-bond acceptors (Lipinski definition) is 5. The Hall–Kier alpha value is -2.77. The zero-order chi connectivity index (χ0) is 20.5. The van der Waals surface area contributed by atoms with Gasteiger partial charge in [-0.05, 0) is 43.7 Å². The van der Waals surface area contributed by atoms with Crippen molar-refractivity contribution in [3.05, 3.63) is 75.6 Å². The van der Waals surface area contributed by atoms with Crippen molar-refractivity contribution >= 4 is 39.1 Å². The van der Waals surface area contributed by atoms with Gasteiger partial charge in [0.15, 0.2) is 5.16 Å². The van der Waals surface area contributed by atoms with Gasteiger partial charge in [-0.1, -0.05) is 42.1 Å². The monoisotopic (exact) mass is 424 g/mol. The van der Waals surface area contributed by atoms with E-state index >= 15 is 0 Å². The van der Waals surface area contributed by atoms with Crippen LogP contribution in [0.25, 0.3) is 27.0 Å². The summed E-state index contributed by atoms with van der Waals surface area (Å²) >= 11 is 2.68. The quantitative estimate of drug-likeness (QED) is 0.325. The third kappa shape index (κ3) is 3.75. The lowest BCUT2D eigenvalue weighted by Gasteiger charge is -2.12. The predicted octanol–water partition coefficient (Wildman–Crippen LogP) is 5.24. The van der Waals surface area contributed by atoms with Crippen molar-refractivity contribution in [3.63, 3.8) is 0 Å². The van der Waals surface area contributed by atoms with Gasteiger partial charge in [-0.3, -0.25) is 14.2 Å². The van der Waals surface area contributed by atoms with E-state index in [1.807, 2.05) is 37.3 Å². The SMILES string of the molecule is CC(=O)CSc1nc2sc(C)c(-c3ccc(F)cc3)c2c(=O)n1-c1ccccc1. The number of rotatable bonds is 5. The first kappa shape index (κ1) is 19.5. The zero-order valence-electron chi connectivity index (χ0n) is 15.8. The number of benzene rings is 2. The van der Waals surface area contributed by atoms with Crippen LogP contribution in [0.5, 0.6) is 0 Å². The summed E-state index contributed by atoms with van der Waals surface area (Å²) in [5, 5.41) is 0.992. The van der Waals surface area contributed by atoms with E-state index < -0.39 is 0 Å². The van der Waals surface area contributed by atoms with Crippen molar-refractivity contribution < 1.29 is 9.18 Å². The molecule has 0 N–H and O–H groups in total. The highest BCUT2D eigenvalue weighted by molar-refractivity contribution is 7.99. The van der Waals surface area contributed by atoms with Crippen LogP contribution < -0.4 is 5.56 Å². The van der Waals surface area contributed by atoms with Gasteiger partial charge in [0, 0.05) is 10.4 Å². The van der Waals surface area contributed by atoms with Crippen molar-refractivity contribution in [2.24, 2.45) is 0 Å².